The van der Waals surface area contributed by atoms with E-state index >= 15 is 0 Å². The molecule has 2 fully saturated rings. The van der Waals surface area contributed by atoms with Gasteiger partial charge < -0.3 is 29.2 Å². The summed E-state index contributed by atoms with van der Waals surface area (Å²) in [4.78, 5) is 15.3. The molecule has 1 aromatic heterocycles. The molecule has 33 heavy (non-hydrogen) atoms. The number of carbonyl (C=O) groups is 1. The molecule has 1 aliphatic carbocycles. The molecule has 1 aromatic carbocycles. The van der Waals surface area contributed by atoms with Crippen LogP contribution in [0.25, 0.3) is 0 Å². The van der Waals surface area contributed by atoms with E-state index in [4.69, 9.17) is 28.8 Å². The summed E-state index contributed by atoms with van der Waals surface area (Å²) in [7, 11) is 4.91. The highest BCUT2D eigenvalue weighted by molar-refractivity contribution is 5.42. The largest absolute Gasteiger partial charge is 0.493 e. The number of para-hydroxylation sites is 2. The molecular weight excluding hydrogens is 428 g/mol. The molecule has 4 rings (SSSR count). The predicted molar refractivity (Wildman–Crippen MR) is 121 cm³/mol. The van der Waals surface area contributed by atoms with Crippen LogP contribution in [0, 0.1) is 11.8 Å². The summed E-state index contributed by atoms with van der Waals surface area (Å²) in [6.45, 7) is 2.33. The monoisotopic (exact) mass is 460 g/mol. The van der Waals surface area contributed by atoms with Gasteiger partial charge in [-0.2, -0.15) is 0 Å². The number of hydrogen-bond donors (Lipinski definition) is 2. The molecule has 2 aliphatic rings. The van der Waals surface area contributed by atoms with E-state index in [9.17, 15) is 5.11 Å². The van der Waals surface area contributed by atoms with Gasteiger partial charge in [-0.3, -0.25) is 14.7 Å². The Labute approximate surface area is 193 Å². The van der Waals surface area contributed by atoms with E-state index < -0.39 is 6.10 Å². The topological polar surface area (TPSA) is 111 Å². The summed E-state index contributed by atoms with van der Waals surface area (Å²) in [5.74, 6) is 3.68. The molecule has 0 amide bonds. The van der Waals surface area contributed by atoms with E-state index in [-0.39, 0.29) is 12.6 Å². The first kappa shape index (κ1) is 24.6. The number of pyridine rings is 1. The number of aromatic nitrogens is 1. The van der Waals surface area contributed by atoms with Gasteiger partial charge in [0.05, 0.1) is 27.4 Å². The number of carboxylic acid groups (broad SMARTS) is 1. The number of fused-ring (bicyclic) bond motifs is 1. The molecule has 0 bridgehead atoms. The fraction of sp³-hybridized carbons (Fsp3) is 0.500. The molecule has 4 atom stereocenters. The lowest BCUT2D eigenvalue weighted by molar-refractivity contribution is -0.122. The van der Waals surface area contributed by atoms with Gasteiger partial charge in [0.2, 0.25) is 0 Å². The van der Waals surface area contributed by atoms with Crippen molar-refractivity contribution in [2.24, 2.45) is 11.8 Å². The van der Waals surface area contributed by atoms with Crippen molar-refractivity contribution in [1.29, 1.82) is 0 Å². The number of aliphatic hydroxyl groups excluding tert-OH is 1. The fourth-order valence-corrected chi connectivity index (χ4v) is 4.80. The first-order valence-electron chi connectivity index (χ1n) is 10.9. The zero-order valence-electron chi connectivity index (χ0n) is 19.2. The van der Waals surface area contributed by atoms with Crippen LogP contribution >= 0.6 is 0 Å². The van der Waals surface area contributed by atoms with Gasteiger partial charge in [0.1, 0.15) is 11.8 Å². The van der Waals surface area contributed by atoms with Crippen molar-refractivity contribution in [3.63, 3.8) is 0 Å². The highest BCUT2D eigenvalue weighted by Gasteiger charge is 2.43. The SMILES string of the molecule is COc1ccccc1O[C@@H]1C[C@@H]2CN(Cc3nccc(OC)c3OC)C[C@@H]2C[C@H]1O.O=CO. The lowest BCUT2D eigenvalue weighted by Crippen LogP contribution is -2.42. The molecule has 1 saturated carbocycles. The molecule has 0 spiro atoms. The Morgan fingerprint density at radius 1 is 1.00 bits per heavy atom. The average Bonchev–Trinajstić information content (AvgIpc) is 3.20. The number of methoxy groups -OCH3 is 3. The Morgan fingerprint density at radius 3 is 2.27 bits per heavy atom. The lowest BCUT2D eigenvalue weighted by Gasteiger charge is -2.35. The molecule has 9 heteroatoms. The maximum absolute atomic E-state index is 10.7. The lowest BCUT2D eigenvalue weighted by atomic mass is 9.78. The van der Waals surface area contributed by atoms with Gasteiger partial charge >= 0.3 is 0 Å². The molecule has 1 saturated heterocycles. The Morgan fingerprint density at radius 2 is 1.64 bits per heavy atom. The van der Waals surface area contributed by atoms with Crippen LogP contribution < -0.4 is 18.9 Å². The third kappa shape index (κ3) is 5.85. The third-order valence-corrected chi connectivity index (χ3v) is 6.25. The van der Waals surface area contributed by atoms with Crippen LogP contribution in [0.5, 0.6) is 23.0 Å². The second-order valence-corrected chi connectivity index (χ2v) is 8.16. The van der Waals surface area contributed by atoms with Gasteiger partial charge in [-0.25, -0.2) is 0 Å². The third-order valence-electron chi connectivity index (χ3n) is 6.25. The van der Waals surface area contributed by atoms with Crippen molar-refractivity contribution < 1.29 is 34.0 Å². The van der Waals surface area contributed by atoms with Gasteiger partial charge in [-0.05, 0) is 36.8 Å². The highest BCUT2D eigenvalue weighted by Crippen LogP contribution is 2.40. The smallest absolute Gasteiger partial charge is 0.290 e. The van der Waals surface area contributed by atoms with E-state index in [2.05, 4.69) is 9.88 Å². The number of hydrogen-bond acceptors (Lipinski definition) is 8. The van der Waals surface area contributed by atoms with Crippen molar-refractivity contribution in [3.8, 4) is 23.0 Å². The van der Waals surface area contributed by atoms with Crippen molar-refractivity contribution in [1.82, 2.24) is 9.88 Å². The minimum Gasteiger partial charge on any atom is -0.493 e. The first-order chi connectivity index (χ1) is 16.0. The average molecular weight is 461 g/mol. The Kier molecular flexibility index (Phi) is 8.73. The number of nitrogens with zero attached hydrogens (tertiary/aromatic N) is 2. The molecule has 2 aromatic rings. The summed E-state index contributed by atoms with van der Waals surface area (Å²) in [5, 5.41) is 17.6. The van der Waals surface area contributed by atoms with E-state index in [0.717, 1.165) is 31.6 Å². The predicted octanol–water partition coefficient (Wildman–Crippen LogP) is 2.46. The molecule has 180 valence electrons. The normalized spacial score (nSPS) is 24.1. The summed E-state index contributed by atoms with van der Waals surface area (Å²) in [6, 6.07) is 9.40. The van der Waals surface area contributed by atoms with Gasteiger partial charge in [0, 0.05) is 31.9 Å². The fourth-order valence-electron chi connectivity index (χ4n) is 4.80. The van der Waals surface area contributed by atoms with Gasteiger partial charge in [0.15, 0.2) is 23.0 Å². The minimum absolute atomic E-state index is 0.230. The second-order valence-electron chi connectivity index (χ2n) is 8.16. The number of aliphatic hydroxyl groups is 1. The van der Waals surface area contributed by atoms with Crippen LogP contribution in [0.3, 0.4) is 0 Å². The first-order valence-corrected chi connectivity index (χ1v) is 10.9. The molecule has 1 aliphatic heterocycles. The zero-order valence-corrected chi connectivity index (χ0v) is 19.2. The van der Waals surface area contributed by atoms with Crippen LogP contribution in [-0.4, -0.2) is 73.2 Å². The van der Waals surface area contributed by atoms with E-state index in [1.807, 2.05) is 30.3 Å². The van der Waals surface area contributed by atoms with Crippen LogP contribution in [0.4, 0.5) is 0 Å². The standard InChI is InChI=1S/C23H30N2O5.CH2O2/c1-27-19-6-4-5-7-20(19)30-22-11-16-13-25(12-15(16)10-18(22)26)14-17-23(29-3)21(28-2)8-9-24-17;2-1-3/h4-9,15-16,18,22,26H,10-14H2,1-3H3;1H,(H,2,3)/t15-,16+,18+,22+;/m0./s1. The van der Waals surface area contributed by atoms with Gasteiger partial charge in [-0.1, -0.05) is 12.1 Å². The maximum atomic E-state index is 10.7. The van der Waals surface area contributed by atoms with E-state index in [1.165, 1.54) is 0 Å². The molecule has 0 radical (unpaired) electrons. The van der Waals surface area contributed by atoms with E-state index in [0.29, 0.717) is 41.4 Å². The van der Waals surface area contributed by atoms with Crippen LogP contribution in [0.15, 0.2) is 36.5 Å². The summed E-state index contributed by atoms with van der Waals surface area (Å²) >= 11 is 0. The van der Waals surface area contributed by atoms with Crippen molar-refractivity contribution >= 4 is 6.47 Å². The molecule has 9 nitrogen and oxygen atoms in total. The summed E-state index contributed by atoms with van der Waals surface area (Å²) in [6.07, 6.45) is 2.60. The quantitative estimate of drug-likeness (QED) is 0.602. The number of likely N-dealkylation sites (tertiary alicyclic amines) is 1. The highest BCUT2D eigenvalue weighted by atomic mass is 16.5. The number of rotatable bonds is 7. The van der Waals surface area contributed by atoms with Crippen molar-refractivity contribution in [3.05, 3.63) is 42.2 Å². The van der Waals surface area contributed by atoms with Crippen LogP contribution in [-0.2, 0) is 11.3 Å². The number of benzene rings is 1. The molecular formula is C24H32N2O7. The Hall–Kier alpha value is -3.04. The molecule has 2 N–H and O–H groups in total. The van der Waals surface area contributed by atoms with Crippen molar-refractivity contribution in [2.75, 3.05) is 34.4 Å². The summed E-state index contributed by atoms with van der Waals surface area (Å²) < 4.78 is 22.5. The van der Waals surface area contributed by atoms with E-state index in [1.54, 1.807) is 27.5 Å². The maximum Gasteiger partial charge on any atom is 0.290 e. The second kappa shape index (κ2) is 11.7. The van der Waals surface area contributed by atoms with Gasteiger partial charge in [0.25, 0.3) is 6.47 Å². The van der Waals surface area contributed by atoms with Gasteiger partial charge in [-0.15, -0.1) is 0 Å². The van der Waals surface area contributed by atoms with Crippen molar-refractivity contribution in [2.45, 2.75) is 31.6 Å². The summed E-state index contributed by atoms with van der Waals surface area (Å²) in [5.41, 5.74) is 0.873. The Balaban J connectivity index is 0.000000968. The molecule has 2 heterocycles. The van der Waals surface area contributed by atoms with Crippen LogP contribution in [0.2, 0.25) is 0 Å². The zero-order chi connectivity index (χ0) is 23.8. The van der Waals surface area contributed by atoms with Crippen LogP contribution in [0.1, 0.15) is 18.5 Å². The number of ether oxygens (including phenoxy) is 4. The minimum atomic E-state index is -0.486. The molecule has 0 unspecified atom stereocenters. The Bertz CT molecular complexity index is 910.